The molecule has 0 aromatic heterocycles. The number of nitrogens with two attached hydrogens (primary N) is 1. The van der Waals surface area contributed by atoms with Gasteiger partial charge in [-0.2, -0.15) is 0 Å². The number of halogens is 1. The van der Waals surface area contributed by atoms with E-state index in [1.54, 1.807) is 0 Å². The van der Waals surface area contributed by atoms with Crippen molar-refractivity contribution in [3.05, 3.63) is 29.8 Å². The fourth-order valence-electron chi connectivity index (χ4n) is 1.48. The highest BCUT2D eigenvalue weighted by Gasteiger charge is 2.06. The van der Waals surface area contributed by atoms with E-state index in [2.05, 4.69) is 0 Å². The Morgan fingerprint density at radius 1 is 1.44 bits per heavy atom. The highest BCUT2D eigenvalue weighted by molar-refractivity contribution is 5.85. The first-order valence-electron chi connectivity index (χ1n) is 5.37. The molecule has 0 saturated carbocycles. The van der Waals surface area contributed by atoms with Crippen molar-refractivity contribution in [2.24, 2.45) is 5.73 Å². The van der Waals surface area contributed by atoms with Gasteiger partial charge in [0.2, 0.25) is 0 Å². The quantitative estimate of drug-likeness (QED) is 0.809. The van der Waals surface area contributed by atoms with Gasteiger partial charge < -0.3 is 15.6 Å². The van der Waals surface area contributed by atoms with Gasteiger partial charge in [-0.15, -0.1) is 12.4 Å². The van der Waals surface area contributed by atoms with Crippen molar-refractivity contribution in [2.45, 2.75) is 25.8 Å². The molecule has 16 heavy (non-hydrogen) atoms. The van der Waals surface area contributed by atoms with Gasteiger partial charge in [0.15, 0.2) is 0 Å². The summed E-state index contributed by atoms with van der Waals surface area (Å²) in [5.41, 5.74) is 7.04. The molecule has 0 unspecified atom stereocenters. The molecule has 3 nitrogen and oxygen atoms in total. The summed E-state index contributed by atoms with van der Waals surface area (Å²) in [6.07, 6.45) is 1.53. The van der Waals surface area contributed by atoms with Gasteiger partial charge in [-0.1, -0.05) is 12.1 Å². The Bertz CT molecular complexity index is 294. The van der Waals surface area contributed by atoms with Gasteiger partial charge in [0, 0.05) is 12.6 Å². The molecule has 0 heterocycles. The summed E-state index contributed by atoms with van der Waals surface area (Å²) >= 11 is 0. The highest BCUT2D eigenvalue weighted by atomic mass is 35.5. The molecule has 0 fully saturated rings. The zero-order valence-electron chi connectivity index (χ0n) is 9.56. The van der Waals surface area contributed by atoms with E-state index >= 15 is 0 Å². The normalized spacial score (nSPS) is 11.7. The second-order valence-corrected chi connectivity index (χ2v) is 3.48. The molecule has 0 saturated heterocycles. The van der Waals surface area contributed by atoms with Crippen molar-refractivity contribution >= 4 is 12.4 Å². The third-order valence-corrected chi connectivity index (χ3v) is 2.27. The molecule has 1 aromatic rings. The number of aliphatic hydroxyl groups excluding tert-OH is 1. The zero-order chi connectivity index (χ0) is 11.1. The van der Waals surface area contributed by atoms with E-state index in [1.807, 2.05) is 31.2 Å². The van der Waals surface area contributed by atoms with E-state index < -0.39 is 0 Å². The van der Waals surface area contributed by atoms with E-state index in [1.165, 1.54) is 0 Å². The second-order valence-electron chi connectivity index (χ2n) is 3.48. The van der Waals surface area contributed by atoms with Crippen molar-refractivity contribution < 1.29 is 9.84 Å². The number of ether oxygens (including phenoxy) is 1. The van der Waals surface area contributed by atoms with Gasteiger partial charge in [-0.25, -0.2) is 0 Å². The number of rotatable bonds is 6. The Balaban J connectivity index is 0.00000225. The maximum absolute atomic E-state index is 8.72. The minimum atomic E-state index is -0.0162. The zero-order valence-corrected chi connectivity index (χ0v) is 10.4. The molecule has 0 radical (unpaired) electrons. The Kier molecular flexibility index (Phi) is 7.99. The van der Waals surface area contributed by atoms with E-state index in [0.717, 1.165) is 24.2 Å². The largest absolute Gasteiger partial charge is 0.494 e. The predicted octanol–water partition coefficient (Wildman–Crippen LogP) is 2.28. The summed E-state index contributed by atoms with van der Waals surface area (Å²) in [7, 11) is 0. The predicted molar refractivity (Wildman–Crippen MR) is 68.1 cm³/mol. The molecular formula is C12H20ClNO2. The lowest BCUT2D eigenvalue weighted by Crippen LogP contribution is -2.10. The Hall–Kier alpha value is -0.770. The summed E-state index contributed by atoms with van der Waals surface area (Å²) in [5, 5.41) is 8.72. The lowest BCUT2D eigenvalue weighted by molar-refractivity contribution is 0.280. The van der Waals surface area contributed by atoms with Crippen LogP contribution in [-0.4, -0.2) is 18.3 Å². The minimum Gasteiger partial charge on any atom is -0.494 e. The Morgan fingerprint density at radius 2 is 2.19 bits per heavy atom. The fraction of sp³-hybridized carbons (Fsp3) is 0.500. The average Bonchev–Trinajstić information content (AvgIpc) is 2.27. The molecule has 1 atom stereocenters. The van der Waals surface area contributed by atoms with Crippen molar-refractivity contribution in [3.63, 3.8) is 0 Å². The molecule has 3 N–H and O–H groups in total. The fourth-order valence-corrected chi connectivity index (χ4v) is 1.48. The number of benzene rings is 1. The number of hydrogen-bond acceptors (Lipinski definition) is 3. The molecule has 92 valence electrons. The van der Waals surface area contributed by atoms with Gasteiger partial charge in [0.1, 0.15) is 5.75 Å². The molecule has 0 spiro atoms. The van der Waals surface area contributed by atoms with Crippen molar-refractivity contribution in [1.29, 1.82) is 0 Å². The van der Waals surface area contributed by atoms with Gasteiger partial charge in [-0.05, 0) is 37.5 Å². The van der Waals surface area contributed by atoms with Crippen LogP contribution in [0.4, 0.5) is 0 Å². The summed E-state index contributed by atoms with van der Waals surface area (Å²) in [5.74, 6) is 0.856. The van der Waals surface area contributed by atoms with E-state index in [9.17, 15) is 0 Å². The molecule has 1 rings (SSSR count). The first kappa shape index (κ1) is 15.2. The second kappa shape index (κ2) is 8.39. The monoisotopic (exact) mass is 245 g/mol. The first-order valence-corrected chi connectivity index (χ1v) is 5.37. The van der Waals surface area contributed by atoms with Crippen LogP contribution in [0.5, 0.6) is 5.75 Å². The maximum Gasteiger partial charge on any atom is 0.119 e. The van der Waals surface area contributed by atoms with Crippen LogP contribution in [0.3, 0.4) is 0 Å². The molecule has 0 aliphatic carbocycles. The van der Waals surface area contributed by atoms with Crippen molar-refractivity contribution in [3.8, 4) is 5.75 Å². The summed E-state index contributed by atoms with van der Waals surface area (Å²) < 4.78 is 5.40. The molecule has 0 amide bonds. The standard InChI is InChI=1S/C12H19NO2.ClH/c1-2-15-11-6-3-5-10(9-11)12(13)7-4-8-14;/h3,5-6,9,12,14H,2,4,7-8,13H2,1H3;1H/t12-;/m0./s1. The lowest BCUT2D eigenvalue weighted by Gasteiger charge is -2.12. The summed E-state index contributed by atoms with van der Waals surface area (Å²) in [4.78, 5) is 0. The minimum absolute atomic E-state index is 0. The molecule has 1 aromatic carbocycles. The van der Waals surface area contributed by atoms with Crippen LogP contribution in [0.1, 0.15) is 31.4 Å². The van der Waals surface area contributed by atoms with Crippen LogP contribution in [-0.2, 0) is 0 Å². The molecular weight excluding hydrogens is 226 g/mol. The van der Waals surface area contributed by atoms with E-state index in [4.69, 9.17) is 15.6 Å². The SMILES string of the molecule is CCOc1cccc([C@@H](N)CCCO)c1.Cl. The van der Waals surface area contributed by atoms with E-state index in [0.29, 0.717) is 6.61 Å². The molecule has 0 aliphatic rings. The van der Waals surface area contributed by atoms with Crippen LogP contribution < -0.4 is 10.5 Å². The van der Waals surface area contributed by atoms with Gasteiger partial charge in [0.25, 0.3) is 0 Å². The Morgan fingerprint density at radius 3 is 2.81 bits per heavy atom. The van der Waals surface area contributed by atoms with Crippen LogP contribution in [0, 0.1) is 0 Å². The van der Waals surface area contributed by atoms with Crippen LogP contribution in [0.15, 0.2) is 24.3 Å². The number of hydrogen-bond donors (Lipinski definition) is 2. The van der Waals surface area contributed by atoms with Crippen LogP contribution >= 0.6 is 12.4 Å². The Labute approximate surface area is 103 Å². The first-order chi connectivity index (χ1) is 7.27. The van der Waals surface area contributed by atoms with Crippen molar-refractivity contribution in [2.75, 3.05) is 13.2 Å². The lowest BCUT2D eigenvalue weighted by atomic mass is 10.0. The summed E-state index contributed by atoms with van der Waals surface area (Å²) in [6, 6.07) is 7.80. The van der Waals surface area contributed by atoms with Gasteiger partial charge in [-0.3, -0.25) is 0 Å². The average molecular weight is 246 g/mol. The van der Waals surface area contributed by atoms with Gasteiger partial charge in [0.05, 0.1) is 6.61 Å². The molecule has 0 aliphatic heterocycles. The topological polar surface area (TPSA) is 55.5 Å². The van der Waals surface area contributed by atoms with E-state index in [-0.39, 0.29) is 25.1 Å². The highest BCUT2D eigenvalue weighted by Crippen LogP contribution is 2.20. The van der Waals surface area contributed by atoms with Crippen LogP contribution in [0.2, 0.25) is 0 Å². The van der Waals surface area contributed by atoms with Gasteiger partial charge >= 0.3 is 0 Å². The van der Waals surface area contributed by atoms with Crippen molar-refractivity contribution in [1.82, 2.24) is 0 Å². The summed E-state index contributed by atoms with van der Waals surface area (Å²) in [6.45, 7) is 2.81. The third kappa shape index (κ3) is 4.84. The maximum atomic E-state index is 8.72. The number of aliphatic hydroxyl groups is 1. The smallest absolute Gasteiger partial charge is 0.119 e. The third-order valence-electron chi connectivity index (χ3n) is 2.27. The molecule has 4 heteroatoms. The van der Waals surface area contributed by atoms with Crippen LogP contribution in [0.25, 0.3) is 0 Å². The molecule has 0 bridgehead atoms.